The summed E-state index contributed by atoms with van der Waals surface area (Å²) in [5.41, 5.74) is 2.88. The van der Waals surface area contributed by atoms with Gasteiger partial charge in [0.15, 0.2) is 0 Å². The molecule has 4 heteroatoms. The zero-order chi connectivity index (χ0) is 13.2. The highest BCUT2D eigenvalue weighted by Gasteiger charge is 2.05. The third kappa shape index (κ3) is 2.25. The molecule has 1 N–H and O–H groups in total. The van der Waals surface area contributed by atoms with Gasteiger partial charge in [-0.25, -0.2) is 9.97 Å². The Balaban J connectivity index is 2.15. The Labute approximate surface area is 111 Å². The first-order valence-corrected chi connectivity index (χ1v) is 6.15. The summed E-state index contributed by atoms with van der Waals surface area (Å²) in [6.07, 6.45) is 1.85. The Bertz CT molecular complexity index is 737. The average molecular weight is 250 g/mol. The fourth-order valence-electron chi connectivity index (χ4n) is 2.05. The fraction of sp³-hybridized carbons (Fsp3) is 0.133. The van der Waals surface area contributed by atoms with Gasteiger partial charge in [-0.15, -0.1) is 0 Å². The van der Waals surface area contributed by atoms with Crippen LogP contribution in [0.4, 0.5) is 5.82 Å². The summed E-state index contributed by atoms with van der Waals surface area (Å²) >= 11 is 0. The number of hydrogen-bond donors (Lipinski definition) is 1. The van der Waals surface area contributed by atoms with E-state index in [1.54, 1.807) is 0 Å². The fourth-order valence-corrected chi connectivity index (χ4v) is 2.05. The molecule has 0 saturated carbocycles. The summed E-state index contributed by atoms with van der Waals surface area (Å²) in [5.74, 6) is 1.56. The van der Waals surface area contributed by atoms with E-state index in [0.29, 0.717) is 0 Å². The third-order valence-corrected chi connectivity index (χ3v) is 2.98. The van der Waals surface area contributed by atoms with E-state index < -0.39 is 0 Å². The lowest BCUT2D eigenvalue weighted by atomic mass is 10.1. The summed E-state index contributed by atoms with van der Waals surface area (Å²) in [6.45, 7) is 1.89. The van der Waals surface area contributed by atoms with Crippen LogP contribution in [0, 0.1) is 6.92 Å². The van der Waals surface area contributed by atoms with Gasteiger partial charge < -0.3 is 5.32 Å². The second-order valence-electron chi connectivity index (χ2n) is 4.35. The molecule has 3 rings (SSSR count). The van der Waals surface area contributed by atoms with Gasteiger partial charge in [-0.2, -0.15) is 0 Å². The van der Waals surface area contributed by atoms with E-state index in [9.17, 15) is 0 Å². The minimum Gasteiger partial charge on any atom is -0.373 e. The zero-order valence-electron chi connectivity index (χ0n) is 10.9. The highest BCUT2D eigenvalue weighted by molar-refractivity contribution is 5.83. The highest BCUT2D eigenvalue weighted by atomic mass is 15.0. The molecule has 0 atom stereocenters. The number of rotatable bonds is 2. The van der Waals surface area contributed by atoms with Crippen molar-refractivity contribution in [1.82, 2.24) is 15.0 Å². The first-order valence-electron chi connectivity index (χ1n) is 6.15. The Morgan fingerprint density at radius 2 is 1.89 bits per heavy atom. The minimum atomic E-state index is 0.745. The predicted octanol–water partition coefficient (Wildman–Crippen LogP) is 3.04. The number of fused-ring (bicyclic) bond motifs is 1. The van der Waals surface area contributed by atoms with Crippen molar-refractivity contribution in [2.45, 2.75) is 6.92 Å². The molecule has 0 bridgehead atoms. The van der Waals surface area contributed by atoms with E-state index in [2.05, 4.69) is 32.4 Å². The Hall–Kier alpha value is -2.49. The van der Waals surface area contributed by atoms with Gasteiger partial charge in [0.25, 0.3) is 0 Å². The average Bonchev–Trinajstić information content (AvgIpc) is 2.46. The molecule has 94 valence electrons. The number of aromatic nitrogens is 3. The van der Waals surface area contributed by atoms with Crippen LogP contribution in [0.1, 0.15) is 5.82 Å². The van der Waals surface area contributed by atoms with E-state index >= 15 is 0 Å². The lowest BCUT2D eigenvalue weighted by Crippen LogP contribution is -1.98. The van der Waals surface area contributed by atoms with Crippen LogP contribution in [-0.4, -0.2) is 22.0 Å². The van der Waals surface area contributed by atoms with Gasteiger partial charge in [-0.1, -0.05) is 18.2 Å². The van der Waals surface area contributed by atoms with Crippen LogP contribution in [0.2, 0.25) is 0 Å². The molecule has 0 radical (unpaired) electrons. The molecule has 0 saturated heterocycles. The van der Waals surface area contributed by atoms with Crippen LogP contribution < -0.4 is 5.32 Å². The van der Waals surface area contributed by atoms with Crippen molar-refractivity contribution >= 4 is 16.7 Å². The van der Waals surface area contributed by atoms with Gasteiger partial charge in [0.05, 0.1) is 11.2 Å². The van der Waals surface area contributed by atoms with Crippen molar-refractivity contribution in [3.8, 4) is 11.3 Å². The van der Waals surface area contributed by atoms with Crippen molar-refractivity contribution in [1.29, 1.82) is 0 Å². The Morgan fingerprint density at radius 1 is 1.05 bits per heavy atom. The first kappa shape index (κ1) is 11.6. The highest BCUT2D eigenvalue weighted by Crippen LogP contribution is 2.22. The zero-order valence-corrected chi connectivity index (χ0v) is 10.9. The molecule has 3 aromatic rings. The maximum atomic E-state index is 4.47. The summed E-state index contributed by atoms with van der Waals surface area (Å²) in [7, 11) is 1.85. The summed E-state index contributed by atoms with van der Waals surface area (Å²) in [5, 5.41) is 4.16. The second kappa shape index (κ2) is 4.65. The molecule has 0 amide bonds. The summed E-state index contributed by atoms with van der Waals surface area (Å²) < 4.78 is 0. The molecule has 0 unspecified atom stereocenters. The molecule has 4 nitrogen and oxygen atoms in total. The van der Waals surface area contributed by atoms with Crippen LogP contribution in [0.15, 0.2) is 42.6 Å². The first-order chi connectivity index (χ1) is 9.26. The number of nitrogens with one attached hydrogen (secondary N) is 1. The van der Waals surface area contributed by atoms with E-state index in [-0.39, 0.29) is 0 Å². The standard InChI is InChI=1S/C15H14N4/c1-10-18-14(8-15(16-2)19-10)12-7-11-5-3-4-6-13(11)17-9-12/h3-9H,1-2H3,(H,16,18,19). The number of hydrogen-bond acceptors (Lipinski definition) is 4. The molecule has 0 fully saturated rings. The molecule has 19 heavy (non-hydrogen) atoms. The van der Waals surface area contributed by atoms with Crippen LogP contribution >= 0.6 is 0 Å². The molecule has 2 aromatic heterocycles. The SMILES string of the molecule is CNc1cc(-c2cnc3ccccc3c2)nc(C)n1. The van der Waals surface area contributed by atoms with E-state index in [4.69, 9.17) is 0 Å². The van der Waals surface area contributed by atoms with Crippen molar-refractivity contribution in [3.63, 3.8) is 0 Å². The largest absolute Gasteiger partial charge is 0.373 e. The normalized spacial score (nSPS) is 10.6. The smallest absolute Gasteiger partial charge is 0.130 e. The van der Waals surface area contributed by atoms with E-state index in [0.717, 1.165) is 33.8 Å². The quantitative estimate of drug-likeness (QED) is 0.759. The molecular formula is C15H14N4. The Kier molecular flexibility index (Phi) is 2.83. The summed E-state index contributed by atoms with van der Waals surface area (Å²) in [6, 6.07) is 12.1. The van der Waals surface area contributed by atoms with Gasteiger partial charge in [0, 0.05) is 30.3 Å². The number of para-hydroxylation sites is 1. The topological polar surface area (TPSA) is 50.7 Å². The molecular weight excluding hydrogens is 236 g/mol. The van der Waals surface area contributed by atoms with E-state index in [1.165, 1.54) is 0 Å². The molecule has 0 spiro atoms. The number of benzene rings is 1. The minimum absolute atomic E-state index is 0.745. The number of anilines is 1. The lowest BCUT2D eigenvalue weighted by Gasteiger charge is -2.06. The van der Waals surface area contributed by atoms with Crippen LogP contribution in [0.5, 0.6) is 0 Å². The maximum absolute atomic E-state index is 4.47. The molecule has 1 aromatic carbocycles. The van der Waals surface area contributed by atoms with Crippen molar-refractivity contribution in [2.24, 2.45) is 0 Å². The second-order valence-corrected chi connectivity index (χ2v) is 4.35. The number of nitrogens with zero attached hydrogens (tertiary/aromatic N) is 3. The predicted molar refractivity (Wildman–Crippen MR) is 77.1 cm³/mol. The van der Waals surface area contributed by atoms with Gasteiger partial charge in [-0.3, -0.25) is 4.98 Å². The monoisotopic (exact) mass is 250 g/mol. The van der Waals surface area contributed by atoms with Gasteiger partial charge in [0.1, 0.15) is 11.6 Å². The van der Waals surface area contributed by atoms with E-state index in [1.807, 2.05) is 44.4 Å². The van der Waals surface area contributed by atoms with Gasteiger partial charge in [0.2, 0.25) is 0 Å². The van der Waals surface area contributed by atoms with Crippen molar-refractivity contribution in [3.05, 3.63) is 48.4 Å². The Morgan fingerprint density at radius 3 is 2.74 bits per heavy atom. The molecule has 2 heterocycles. The van der Waals surface area contributed by atoms with Crippen LogP contribution in [-0.2, 0) is 0 Å². The lowest BCUT2D eigenvalue weighted by molar-refractivity contribution is 1.06. The van der Waals surface area contributed by atoms with Crippen molar-refractivity contribution < 1.29 is 0 Å². The molecule has 0 aliphatic carbocycles. The maximum Gasteiger partial charge on any atom is 0.130 e. The molecule has 0 aliphatic heterocycles. The van der Waals surface area contributed by atoms with Gasteiger partial charge in [-0.05, 0) is 19.1 Å². The number of aryl methyl sites for hydroxylation is 1. The van der Waals surface area contributed by atoms with Crippen LogP contribution in [0.3, 0.4) is 0 Å². The van der Waals surface area contributed by atoms with Crippen LogP contribution in [0.25, 0.3) is 22.2 Å². The third-order valence-electron chi connectivity index (χ3n) is 2.98. The number of pyridine rings is 1. The molecule has 0 aliphatic rings. The van der Waals surface area contributed by atoms with Crippen molar-refractivity contribution in [2.75, 3.05) is 12.4 Å². The summed E-state index contributed by atoms with van der Waals surface area (Å²) in [4.78, 5) is 13.2. The van der Waals surface area contributed by atoms with Gasteiger partial charge >= 0.3 is 0 Å².